The molecule has 0 saturated carbocycles. The number of nitrogens with zero attached hydrogens (tertiary/aromatic N) is 1. The van der Waals surface area contributed by atoms with Gasteiger partial charge in [0, 0.05) is 90.9 Å². The predicted octanol–water partition coefficient (Wildman–Crippen LogP) is 1.73. The number of nitrogens with one attached hydrogen (secondary N) is 2. The molecule has 0 spiro atoms. The number of hydrogen-bond donors (Lipinski definition) is 4. The number of imide groups is 1. The van der Waals surface area contributed by atoms with Crippen LogP contribution >= 0.6 is 0 Å². The third-order valence-electron chi connectivity index (χ3n) is 8.36. The largest absolute Gasteiger partial charge is 0.481 e. The number of methoxy groups -OCH3 is 2. The van der Waals surface area contributed by atoms with E-state index in [-0.39, 0.29) is 88.1 Å². The average Bonchev–Trinajstić information content (AvgIpc) is 3.58. The Kier molecular flexibility index (Phi) is 42.6. The number of hydroxylamine groups is 2. The van der Waals surface area contributed by atoms with Crippen LogP contribution in [0.5, 0.6) is 0 Å². The molecule has 0 aliphatic carbocycles. The Morgan fingerprint density at radius 1 is 0.562 bits per heavy atom. The van der Waals surface area contributed by atoms with Crippen LogP contribution in [0.25, 0.3) is 0 Å². The van der Waals surface area contributed by atoms with Crippen LogP contribution in [-0.2, 0) is 81.1 Å². The molecule has 1 saturated heterocycles. The molecule has 2 unspecified atom stereocenters. The van der Waals surface area contributed by atoms with Gasteiger partial charge in [0.05, 0.1) is 85.7 Å². The third kappa shape index (κ3) is 39.4. The van der Waals surface area contributed by atoms with Crippen molar-refractivity contribution < 1.29 is 91.3 Å². The maximum atomic E-state index is 12.1. The molecule has 0 aromatic rings. The van der Waals surface area contributed by atoms with Gasteiger partial charge in [-0.05, 0) is 25.7 Å². The van der Waals surface area contributed by atoms with E-state index in [0.717, 1.165) is 26.1 Å². The Balaban J connectivity index is 0. The van der Waals surface area contributed by atoms with Crippen molar-refractivity contribution in [3.8, 4) is 0 Å². The number of carbonyl (C=O) groups is 8. The molecule has 4 N–H and O–H groups in total. The molecular weight excluding hydrogens is 850 g/mol. The standard InChI is InChI=1S/C19H35NO8.C14H23NO7.C9H17NO4/c1-3-8-26-11-13-28-14-12-27-9-6-17(21)15-16(4-5-18(22)23)19(24)20-7-10-25-2;1-2-6-19-8-10-21-11-9-20-7-5-14(18)22-15-12(16)3-4-13(15)17;1-7(3-4-8(11)12)9(13)10-5-6-14-2/h16H,3-15H2,1-2H3,(H,20,24)(H,22,23);2-11H2,1H3;7H,3-6H2,1-2H3,(H,10,13)(H,11,12). The van der Waals surface area contributed by atoms with Crippen molar-refractivity contribution in [2.45, 2.75) is 91.4 Å². The summed E-state index contributed by atoms with van der Waals surface area (Å²) in [7, 11) is 3.07. The fourth-order valence-electron chi connectivity index (χ4n) is 4.86. The maximum Gasteiger partial charge on any atom is 0.335 e. The van der Waals surface area contributed by atoms with Gasteiger partial charge in [-0.3, -0.25) is 33.6 Å². The summed E-state index contributed by atoms with van der Waals surface area (Å²) >= 11 is 0. The Bertz CT molecular complexity index is 1270. The topological polar surface area (TPSA) is 287 Å². The van der Waals surface area contributed by atoms with E-state index in [9.17, 15) is 38.4 Å². The summed E-state index contributed by atoms with van der Waals surface area (Å²) in [5.41, 5.74) is 0. The van der Waals surface area contributed by atoms with Gasteiger partial charge in [-0.1, -0.05) is 20.8 Å². The fraction of sp³-hybridized carbons (Fsp3) is 0.810. The molecule has 372 valence electrons. The smallest absolute Gasteiger partial charge is 0.335 e. The molecule has 22 nitrogen and oxygen atoms in total. The van der Waals surface area contributed by atoms with E-state index >= 15 is 0 Å². The minimum absolute atomic E-state index is 0.000717. The molecule has 0 aromatic carbocycles. The maximum absolute atomic E-state index is 12.1. The number of carbonyl (C=O) groups excluding carboxylic acids is 6. The number of hydrogen-bond acceptors (Lipinski definition) is 17. The van der Waals surface area contributed by atoms with Crippen molar-refractivity contribution in [3.05, 3.63) is 0 Å². The Morgan fingerprint density at radius 2 is 0.969 bits per heavy atom. The van der Waals surface area contributed by atoms with Gasteiger partial charge >= 0.3 is 17.9 Å². The molecule has 0 bridgehead atoms. The summed E-state index contributed by atoms with van der Waals surface area (Å²) in [5, 5.41) is 23.1. The van der Waals surface area contributed by atoms with Crippen LogP contribution in [0.3, 0.4) is 0 Å². The molecule has 1 fully saturated rings. The first-order valence-corrected chi connectivity index (χ1v) is 21.7. The van der Waals surface area contributed by atoms with E-state index in [1.807, 2.05) is 13.8 Å². The highest BCUT2D eigenvalue weighted by Gasteiger charge is 2.32. The predicted molar refractivity (Wildman–Crippen MR) is 228 cm³/mol. The van der Waals surface area contributed by atoms with Crippen LogP contribution < -0.4 is 10.6 Å². The van der Waals surface area contributed by atoms with E-state index in [1.165, 1.54) is 7.11 Å². The molecule has 1 aliphatic heterocycles. The second kappa shape index (κ2) is 44.1. The summed E-state index contributed by atoms with van der Waals surface area (Å²) in [5.74, 6) is -5.02. The van der Waals surface area contributed by atoms with Crippen molar-refractivity contribution in [1.29, 1.82) is 0 Å². The Morgan fingerprint density at radius 3 is 1.41 bits per heavy atom. The number of ketones is 1. The molecule has 22 heteroatoms. The van der Waals surface area contributed by atoms with E-state index in [1.54, 1.807) is 14.0 Å². The summed E-state index contributed by atoms with van der Waals surface area (Å²) in [6.45, 7) is 12.9. The number of carboxylic acid groups (broad SMARTS) is 2. The first-order chi connectivity index (χ1) is 30.7. The summed E-state index contributed by atoms with van der Waals surface area (Å²) < 4.78 is 41.3. The molecule has 1 rings (SSSR count). The molecule has 1 aliphatic rings. The average molecular weight is 926 g/mol. The fourth-order valence-corrected chi connectivity index (χ4v) is 4.86. The van der Waals surface area contributed by atoms with E-state index in [2.05, 4.69) is 15.5 Å². The molecule has 1 heterocycles. The molecule has 4 amide bonds. The number of Topliss-reactive ketones (excluding diaryl/α,β-unsaturated/α-hetero) is 1. The zero-order valence-corrected chi connectivity index (χ0v) is 38.5. The number of carboxylic acids is 2. The Hall–Kier alpha value is -4.16. The van der Waals surface area contributed by atoms with Gasteiger partial charge in [0.1, 0.15) is 5.78 Å². The molecule has 2 atom stereocenters. The third-order valence-corrected chi connectivity index (χ3v) is 8.36. The van der Waals surface area contributed by atoms with E-state index in [4.69, 9.17) is 48.1 Å². The van der Waals surface area contributed by atoms with Gasteiger partial charge < -0.3 is 63.6 Å². The second-order valence-corrected chi connectivity index (χ2v) is 14.0. The minimum atomic E-state index is -0.995. The van der Waals surface area contributed by atoms with E-state index < -0.39 is 35.6 Å². The SMILES string of the molecule is CCCOCCOCCOCCC(=O)CC(CCC(=O)O)C(=O)NCCOC.CCCOCCOCCOCCC(=O)ON1C(=O)CCC1=O.COCCNC(=O)C(C)CCC(=O)O. The monoisotopic (exact) mass is 925 g/mol. The van der Waals surface area contributed by atoms with Crippen molar-refractivity contribution in [1.82, 2.24) is 15.7 Å². The summed E-state index contributed by atoms with van der Waals surface area (Å²) in [4.78, 5) is 95.1. The highest BCUT2D eigenvalue weighted by atomic mass is 16.7. The first-order valence-electron chi connectivity index (χ1n) is 21.7. The summed E-state index contributed by atoms with van der Waals surface area (Å²) in [6.07, 6.45) is 2.62. The lowest BCUT2D eigenvalue weighted by Gasteiger charge is -2.15. The highest BCUT2D eigenvalue weighted by molar-refractivity contribution is 6.01. The van der Waals surface area contributed by atoms with Crippen LogP contribution in [-0.4, -0.2) is 182 Å². The second-order valence-electron chi connectivity index (χ2n) is 14.0. The normalized spacial score (nSPS) is 12.9. The van der Waals surface area contributed by atoms with Crippen molar-refractivity contribution >= 4 is 47.3 Å². The lowest BCUT2D eigenvalue weighted by molar-refractivity contribution is -0.198. The molecule has 64 heavy (non-hydrogen) atoms. The van der Waals surface area contributed by atoms with Crippen molar-refractivity contribution in [2.75, 3.05) is 120 Å². The number of ether oxygens (including phenoxy) is 8. The zero-order valence-electron chi connectivity index (χ0n) is 38.5. The van der Waals surface area contributed by atoms with Crippen LogP contribution in [0.2, 0.25) is 0 Å². The lowest BCUT2D eigenvalue weighted by atomic mass is 9.95. The number of amides is 4. The van der Waals surface area contributed by atoms with Gasteiger partial charge in [0.25, 0.3) is 11.8 Å². The Labute approximate surface area is 376 Å². The quantitative estimate of drug-likeness (QED) is 0.0504. The van der Waals surface area contributed by atoms with Gasteiger partial charge in [-0.15, -0.1) is 5.06 Å². The van der Waals surface area contributed by atoms with Crippen LogP contribution in [0.15, 0.2) is 0 Å². The lowest BCUT2D eigenvalue weighted by Crippen LogP contribution is -2.34. The van der Waals surface area contributed by atoms with Gasteiger partial charge in [-0.2, -0.15) is 0 Å². The number of aliphatic carboxylic acids is 2. The molecular formula is C42H75N3O19. The van der Waals surface area contributed by atoms with Gasteiger partial charge in [-0.25, -0.2) is 4.79 Å². The first kappa shape index (κ1) is 61.9. The van der Waals surface area contributed by atoms with Gasteiger partial charge in [0.15, 0.2) is 0 Å². The summed E-state index contributed by atoms with van der Waals surface area (Å²) in [6, 6.07) is 0. The van der Waals surface area contributed by atoms with Gasteiger partial charge in [0.2, 0.25) is 11.8 Å². The van der Waals surface area contributed by atoms with Crippen LogP contribution in [0.4, 0.5) is 0 Å². The van der Waals surface area contributed by atoms with Crippen LogP contribution in [0.1, 0.15) is 91.4 Å². The van der Waals surface area contributed by atoms with E-state index in [0.29, 0.717) is 90.6 Å². The highest BCUT2D eigenvalue weighted by Crippen LogP contribution is 2.14. The number of rotatable bonds is 39. The van der Waals surface area contributed by atoms with Crippen molar-refractivity contribution in [3.63, 3.8) is 0 Å². The molecule has 0 aromatic heterocycles. The zero-order chi connectivity index (χ0) is 48.2. The van der Waals surface area contributed by atoms with Crippen molar-refractivity contribution in [2.24, 2.45) is 11.8 Å². The van der Waals surface area contributed by atoms with Crippen LogP contribution in [0, 0.1) is 11.8 Å². The minimum Gasteiger partial charge on any atom is -0.481 e. The molecule has 0 radical (unpaired) electrons.